The summed E-state index contributed by atoms with van der Waals surface area (Å²) in [4.78, 5) is -0.886. The molecule has 0 amide bonds. The van der Waals surface area contributed by atoms with Gasteiger partial charge in [-0.05, 0) is 30.7 Å². The van der Waals surface area contributed by atoms with E-state index in [1.807, 2.05) is 0 Å². The monoisotopic (exact) mass is 332 g/mol. The average molecular weight is 333 g/mol. The maximum atomic E-state index is 13.8. The number of benzene rings is 2. The minimum atomic E-state index is -0.886. The van der Waals surface area contributed by atoms with E-state index in [0.717, 1.165) is 18.2 Å². The van der Waals surface area contributed by atoms with Crippen LogP contribution in [0.15, 0.2) is 30.3 Å². The number of hydrogen-bond acceptors (Lipinski definition) is 0. The summed E-state index contributed by atoms with van der Waals surface area (Å²) in [6, 6.07) is 5.01. The Hall–Kier alpha value is -1.36. The van der Waals surface area contributed by atoms with Crippen LogP contribution in [0.5, 0.6) is 0 Å². The van der Waals surface area contributed by atoms with E-state index >= 15 is 0 Å². The SMILES string of the molecule is Cc1cc(F)c(C(Br)c2ccc(F)cc2F)cc1F. The van der Waals surface area contributed by atoms with Crippen LogP contribution in [0.4, 0.5) is 17.6 Å². The number of halogens is 5. The van der Waals surface area contributed by atoms with Crippen LogP contribution in [0.3, 0.4) is 0 Å². The number of hydrogen-bond donors (Lipinski definition) is 0. The summed E-state index contributed by atoms with van der Waals surface area (Å²) in [6.45, 7) is 1.43. The third-order valence-electron chi connectivity index (χ3n) is 2.79. The molecular weight excluding hydrogens is 324 g/mol. The van der Waals surface area contributed by atoms with E-state index in [-0.39, 0.29) is 16.7 Å². The van der Waals surface area contributed by atoms with Crippen molar-refractivity contribution in [1.29, 1.82) is 0 Å². The van der Waals surface area contributed by atoms with Crippen LogP contribution in [-0.4, -0.2) is 0 Å². The van der Waals surface area contributed by atoms with Gasteiger partial charge in [-0.15, -0.1) is 0 Å². The quantitative estimate of drug-likeness (QED) is 0.534. The van der Waals surface area contributed by atoms with Crippen molar-refractivity contribution >= 4 is 15.9 Å². The van der Waals surface area contributed by atoms with Gasteiger partial charge in [0.2, 0.25) is 0 Å². The summed E-state index contributed by atoms with van der Waals surface area (Å²) in [5, 5.41) is 0. The number of aryl methyl sites for hydroxylation is 1. The summed E-state index contributed by atoms with van der Waals surface area (Å²) < 4.78 is 53.7. The zero-order valence-corrected chi connectivity index (χ0v) is 11.4. The van der Waals surface area contributed by atoms with Crippen LogP contribution < -0.4 is 0 Å². The molecule has 1 unspecified atom stereocenters. The standard InChI is InChI=1S/C14H9BrF4/c1-7-4-12(18)10(6-11(7)17)14(15)9-3-2-8(16)5-13(9)19/h2-6,14H,1H3. The van der Waals surface area contributed by atoms with Crippen molar-refractivity contribution in [2.75, 3.05) is 0 Å². The van der Waals surface area contributed by atoms with Crippen molar-refractivity contribution in [2.24, 2.45) is 0 Å². The predicted octanol–water partition coefficient (Wildman–Crippen LogP) is 5.04. The highest BCUT2D eigenvalue weighted by atomic mass is 79.9. The first-order valence-corrected chi connectivity index (χ1v) is 6.36. The van der Waals surface area contributed by atoms with E-state index in [1.165, 1.54) is 13.0 Å². The molecule has 0 spiro atoms. The highest BCUT2D eigenvalue weighted by Gasteiger charge is 2.20. The Morgan fingerprint density at radius 3 is 2.11 bits per heavy atom. The lowest BCUT2D eigenvalue weighted by atomic mass is 10.0. The van der Waals surface area contributed by atoms with Gasteiger partial charge in [-0.3, -0.25) is 0 Å². The molecule has 0 bridgehead atoms. The molecular formula is C14H9BrF4. The highest BCUT2D eigenvalue weighted by molar-refractivity contribution is 9.09. The van der Waals surface area contributed by atoms with Gasteiger partial charge in [0, 0.05) is 17.2 Å². The van der Waals surface area contributed by atoms with Crippen LogP contribution in [-0.2, 0) is 0 Å². The van der Waals surface area contributed by atoms with Gasteiger partial charge in [-0.1, -0.05) is 22.0 Å². The van der Waals surface area contributed by atoms with Gasteiger partial charge in [0.25, 0.3) is 0 Å². The van der Waals surface area contributed by atoms with E-state index < -0.39 is 28.1 Å². The molecule has 0 aliphatic carbocycles. The second-order valence-electron chi connectivity index (χ2n) is 4.15. The highest BCUT2D eigenvalue weighted by Crippen LogP contribution is 2.35. The van der Waals surface area contributed by atoms with E-state index in [9.17, 15) is 17.6 Å². The minimum absolute atomic E-state index is 0.0337. The van der Waals surface area contributed by atoms with Gasteiger partial charge in [-0.2, -0.15) is 0 Å². The average Bonchev–Trinajstić information content (AvgIpc) is 2.33. The largest absolute Gasteiger partial charge is 0.207 e. The Morgan fingerprint density at radius 2 is 1.47 bits per heavy atom. The maximum absolute atomic E-state index is 13.8. The van der Waals surface area contributed by atoms with Crippen LogP contribution in [0.25, 0.3) is 0 Å². The van der Waals surface area contributed by atoms with Crippen molar-refractivity contribution < 1.29 is 17.6 Å². The second kappa shape index (κ2) is 5.33. The van der Waals surface area contributed by atoms with Crippen molar-refractivity contribution in [3.63, 3.8) is 0 Å². The molecule has 100 valence electrons. The minimum Gasteiger partial charge on any atom is -0.207 e. The first-order chi connectivity index (χ1) is 8.90. The van der Waals surface area contributed by atoms with Gasteiger partial charge in [0.15, 0.2) is 0 Å². The molecule has 0 aliphatic heterocycles. The molecule has 0 saturated heterocycles. The second-order valence-corrected chi connectivity index (χ2v) is 5.07. The Bertz CT molecular complexity index is 625. The molecule has 0 aromatic heterocycles. The third-order valence-corrected chi connectivity index (χ3v) is 3.77. The Kier molecular flexibility index (Phi) is 3.94. The summed E-state index contributed by atoms with van der Waals surface area (Å²) in [6.07, 6.45) is 0. The van der Waals surface area contributed by atoms with E-state index in [1.54, 1.807) is 0 Å². The molecule has 2 aromatic carbocycles. The lowest BCUT2D eigenvalue weighted by Gasteiger charge is -2.13. The smallest absolute Gasteiger partial charge is 0.130 e. The summed E-state index contributed by atoms with van der Waals surface area (Å²) in [5.41, 5.74) is 0.178. The summed E-state index contributed by atoms with van der Waals surface area (Å²) in [7, 11) is 0. The van der Waals surface area contributed by atoms with E-state index in [0.29, 0.717) is 6.07 Å². The summed E-state index contributed by atoms with van der Waals surface area (Å²) in [5.74, 6) is -2.77. The zero-order valence-electron chi connectivity index (χ0n) is 9.85. The molecule has 0 nitrogen and oxygen atoms in total. The van der Waals surface area contributed by atoms with Crippen molar-refractivity contribution in [1.82, 2.24) is 0 Å². The lowest BCUT2D eigenvalue weighted by molar-refractivity contribution is 0.565. The molecule has 2 rings (SSSR count). The normalized spacial score (nSPS) is 12.5. The van der Waals surface area contributed by atoms with Gasteiger partial charge in [0.05, 0.1) is 4.83 Å². The molecule has 19 heavy (non-hydrogen) atoms. The third kappa shape index (κ3) is 2.81. The van der Waals surface area contributed by atoms with Crippen molar-refractivity contribution in [3.8, 4) is 0 Å². The van der Waals surface area contributed by atoms with Gasteiger partial charge >= 0.3 is 0 Å². The fourth-order valence-electron chi connectivity index (χ4n) is 1.73. The van der Waals surface area contributed by atoms with Crippen LogP contribution in [0.2, 0.25) is 0 Å². The fourth-order valence-corrected chi connectivity index (χ4v) is 2.45. The predicted molar refractivity (Wildman–Crippen MR) is 68.2 cm³/mol. The summed E-state index contributed by atoms with van der Waals surface area (Å²) >= 11 is 3.11. The molecule has 5 heteroatoms. The fraction of sp³-hybridized carbons (Fsp3) is 0.143. The van der Waals surface area contributed by atoms with Gasteiger partial charge in [-0.25, -0.2) is 17.6 Å². The van der Waals surface area contributed by atoms with Crippen molar-refractivity contribution in [2.45, 2.75) is 11.8 Å². The molecule has 0 aliphatic rings. The van der Waals surface area contributed by atoms with Gasteiger partial charge in [0.1, 0.15) is 23.3 Å². The Labute approximate surface area is 116 Å². The lowest BCUT2D eigenvalue weighted by Crippen LogP contribution is -2.02. The molecule has 0 N–H and O–H groups in total. The first-order valence-electron chi connectivity index (χ1n) is 5.44. The molecule has 0 fully saturated rings. The molecule has 1 atom stereocenters. The number of rotatable bonds is 2. The molecule has 0 radical (unpaired) electrons. The maximum Gasteiger partial charge on any atom is 0.130 e. The first kappa shape index (κ1) is 14.1. The molecule has 2 aromatic rings. The van der Waals surface area contributed by atoms with E-state index in [4.69, 9.17) is 0 Å². The van der Waals surface area contributed by atoms with Crippen LogP contribution >= 0.6 is 15.9 Å². The number of alkyl halides is 1. The molecule has 0 saturated carbocycles. The van der Waals surface area contributed by atoms with E-state index in [2.05, 4.69) is 15.9 Å². The molecule has 0 heterocycles. The van der Waals surface area contributed by atoms with Crippen molar-refractivity contribution in [3.05, 3.63) is 70.3 Å². The van der Waals surface area contributed by atoms with Gasteiger partial charge < -0.3 is 0 Å². The Morgan fingerprint density at radius 1 is 0.842 bits per heavy atom. The zero-order chi connectivity index (χ0) is 14.2. The Balaban J connectivity index is 2.49. The van der Waals surface area contributed by atoms with Crippen LogP contribution in [0, 0.1) is 30.2 Å². The topological polar surface area (TPSA) is 0 Å². The van der Waals surface area contributed by atoms with Crippen LogP contribution in [0.1, 0.15) is 21.5 Å².